The van der Waals surface area contributed by atoms with Gasteiger partial charge in [0, 0.05) is 19.8 Å². The zero-order chi connectivity index (χ0) is 14.5. The fourth-order valence-electron chi connectivity index (χ4n) is 1.60. The first-order valence-electron chi connectivity index (χ1n) is 6.74. The Morgan fingerprint density at radius 1 is 1.30 bits per heavy atom. The zero-order valence-corrected chi connectivity index (χ0v) is 12.3. The van der Waals surface area contributed by atoms with Crippen molar-refractivity contribution < 1.29 is 4.74 Å². The van der Waals surface area contributed by atoms with Gasteiger partial charge in [-0.25, -0.2) is 0 Å². The Morgan fingerprint density at radius 2 is 2.10 bits per heavy atom. The van der Waals surface area contributed by atoms with Gasteiger partial charge in [0.15, 0.2) is 5.82 Å². The van der Waals surface area contributed by atoms with Gasteiger partial charge in [-0.1, -0.05) is 6.92 Å². The van der Waals surface area contributed by atoms with Gasteiger partial charge in [-0.2, -0.15) is 20.1 Å². The molecular formula is C13H20N6O. The lowest BCUT2D eigenvalue weighted by Gasteiger charge is -2.10. The summed E-state index contributed by atoms with van der Waals surface area (Å²) in [5, 5.41) is 7.29. The van der Waals surface area contributed by atoms with Gasteiger partial charge in [0.1, 0.15) is 0 Å². The van der Waals surface area contributed by atoms with E-state index in [0.717, 1.165) is 18.5 Å². The molecule has 0 spiro atoms. The second-order valence-electron chi connectivity index (χ2n) is 4.76. The number of nitrogens with one attached hydrogen (secondary N) is 1. The predicted octanol–water partition coefficient (Wildman–Crippen LogP) is 1.88. The third-order valence-electron chi connectivity index (χ3n) is 2.45. The van der Waals surface area contributed by atoms with E-state index in [4.69, 9.17) is 4.74 Å². The van der Waals surface area contributed by atoms with Crippen LogP contribution in [0.3, 0.4) is 0 Å². The lowest BCUT2D eigenvalue weighted by atomic mass is 10.3. The first-order valence-corrected chi connectivity index (χ1v) is 6.74. The molecule has 0 saturated heterocycles. The topological polar surface area (TPSA) is 77.8 Å². The van der Waals surface area contributed by atoms with E-state index in [2.05, 4.69) is 32.3 Å². The largest absolute Gasteiger partial charge is 0.461 e. The molecule has 2 aromatic rings. The number of ether oxygens (including phenoxy) is 1. The normalized spacial score (nSPS) is 10.8. The summed E-state index contributed by atoms with van der Waals surface area (Å²) in [7, 11) is 1.85. The highest BCUT2D eigenvalue weighted by molar-refractivity contribution is 5.54. The van der Waals surface area contributed by atoms with Crippen molar-refractivity contribution in [2.24, 2.45) is 7.05 Å². The molecule has 0 amide bonds. The highest BCUT2D eigenvalue weighted by atomic mass is 16.5. The van der Waals surface area contributed by atoms with Crippen molar-refractivity contribution in [3.8, 4) is 17.4 Å². The number of hydrogen-bond donors (Lipinski definition) is 1. The third-order valence-corrected chi connectivity index (χ3v) is 2.45. The minimum absolute atomic E-state index is 0.0122. The molecule has 0 aliphatic rings. The third kappa shape index (κ3) is 3.66. The first-order chi connectivity index (χ1) is 9.58. The molecule has 1 N–H and O–H groups in total. The molecule has 0 unspecified atom stereocenters. The smallest absolute Gasteiger partial charge is 0.322 e. The number of anilines is 1. The van der Waals surface area contributed by atoms with Gasteiger partial charge in [0.2, 0.25) is 5.95 Å². The second kappa shape index (κ2) is 6.31. The van der Waals surface area contributed by atoms with Crippen LogP contribution < -0.4 is 10.1 Å². The molecule has 2 heterocycles. The van der Waals surface area contributed by atoms with Crippen molar-refractivity contribution in [1.29, 1.82) is 0 Å². The molecule has 7 heteroatoms. The summed E-state index contributed by atoms with van der Waals surface area (Å²) in [6.07, 6.45) is 4.59. The van der Waals surface area contributed by atoms with Crippen molar-refractivity contribution in [2.45, 2.75) is 33.3 Å². The molecule has 0 radical (unpaired) electrons. The molecule has 0 fully saturated rings. The maximum Gasteiger partial charge on any atom is 0.322 e. The molecular weight excluding hydrogens is 256 g/mol. The molecule has 108 valence electrons. The van der Waals surface area contributed by atoms with Crippen molar-refractivity contribution >= 4 is 5.95 Å². The quantitative estimate of drug-likeness (QED) is 0.868. The maximum atomic E-state index is 5.57. The van der Waals surface area contributed by atoms with Crippen LogP contribution in [-0.2, 0) is 7.05 Å². The van der Waals surface area contributed by atoms with Gasteiger partial charge < -0.3 is 10.1 Å². The summed E-state index contributed by atoms with van der Waals surface area (Å²) in [6, 6.07) is 0.326. The van der Waals surface area contributed by atoms with Crippen molar-refractivity contribution in [3.63, 3.8) is 0 Å². The monoisotopic (exact) mass is 276 g/mol. The Morgan fingerprint density at radius 3 is 2.70 bits per heavy atom. The lowest BCUT2D eigenvalue weighted by Crippen LogP contribution is -2.12. The molecule has 2 rings (SSSR count). The van der Waals surface area contributed by atoms with E-state index in [9.17, 15) is 0 Å². The molecule has 20 heavy (non-hydrogen) atoms. The minimum atomic E-state index is 0.0122. The van der Waals surface area contributed by atoms with E-state index in [1.165, 1.54) is 0 Å². The molecule has 0 aliphatic heterocycles. The van der Waals surface area contributed by atoms with Crippen LogP contribution in [0, 0.1) is 0 Å². The minimum Gasteiger partial charge on any atom is -0.461 e. The van der Waals surface area contributed by atoms with E-state index in [0.29, 0.717) is 17.8 Å². The van der Waals surface area contributed by atoms with Crippen LogP contribution in [0.5, 0.6) is 6.01 Å². The van der Waals surface area contributed by atoms with Crippen LogP contribution in [0.25, 0.3) is 11.4 Å². The SMILES string of the molecule is CCCNc1nc(OC(C)C)nc(-c2cnn(C)c2)n1. The van der Waals surface area contributed by atoms with Crippen molar-refractivity contribution in [2.75, 3.05) is 11.9 Å². The van der Waals surface area contributed by atoms with Gasteiger partial charge in [-0.05, 0) is 20.3 Å². The van der Waals surface area contributed by atoms with Crippen LogP contribution in [-0.4, -0.2) is 37.4 Å². The Bertz CT molecular complexity index is 566. The molecule has 0 saturated carbocycles. The highest BCUT2D eigenvalue weighted by Gasteiger charge is 2.11. The Balaban J connectivity index is 2.34. The van der Waals surface area contributed by atoms with Crippen LogP contribution in [0.1, 0.15) is 27.2 Å². The van der Waals surface area contributed by atoms with Crippen LogP contribution in [0.2, 0.25) is 0 Å². The fourth-order valence-corrected chi connectivity index (χ4v) is 1.60. The summed E-state index contributed by atoms with van der Waals surface area (Å²) >= 11 is 0. The van der Waals surface area contributed by atoms with Crippen LogP contribution >= 0.6 is 0 Å². The number of nitrogens with zero attached hydrogens (tertiary/aromatic N) is 5. The standard InChI is InChI=1S/C13H20N6O/c1-5-6-14-12-16-11(10-7-15-19(4)8-10)17-13(18-12)20-9(2)3/h7-9H,5-6H2,1-4H3,(H,14,16,17,18). The summed E-state index contributed by atoms with van der Waals surface area (Å²) in [4.78, 5) is 13.0. The van der Waals surface area contributed by atoms with Gasteiger partial charge in [0.25, 0.3) is 0 Å². The number of rotatable bonds is 6. The number of hydrogen-bond acceptors (Lipinski definition) is 6. The van der Waals surface area contributed by atoms with E-state index in [1.807, 2.05) is 27.1 Å². The molecule has 7 nitrogen and oxygen atoms in total. The zero-order valence-electron chi connectivity index (χ0n) is 12.3. The number of aryl methyl sites for hydroxylation is 1. The lowest BCUT2D eigenvalue weighted by molar-refractivity contribution is 0.222. The molecule has 0 atom stereocenters. The first kappa shape index (κ1) is 14.2. The summed E-state index contributed by atoms with van der Waals surface area (Å²) < 4.78 is 7.28. The highest BCUT2D eigenvalue weighted by Crippen LogP contribution is 2.18. The van der Waals surface area contributed by atoms with Crippen LogP contribution in [0.4, 0.5) is 5.95 Å². The average Bonchev–Trinajstić information content (AvgIpc) is 2.82. The fraction of sp³-hybridized carbons (Fsp3) is 0.538. The van der Waals surface area contributed by atoms with Gasteiger partial charge in [-0.15, -0.1) is 0 Å². The van der Waals surface area contributed by atoms with Crippen molar-refractivity contribution in [3.05, 3.63) is 12.4 Å². The summed E-state index contributed by atoms with van der Waals surface area (Å²) in [5.74, 6) is 1.08. The van der Waals surface area contributed by atoms with E-state index in [1.54, 1.807) is 10.9 Å². The Labute approximate surface area is 118 Å². The summed E-state index contributed by atoms with van der Waals surface area (Å²) in [5.41, 5.74) is 0.836. The summed E-state index contributed by atoms with van der Waals surface area (Å²) in [6.45, 7) is 6.76. The van der Waals surface area contributed by atoms with E-state index >= 15 is 0 Å². The molecule has 0 aliphatic carbocycles. The second-order valence-corrected chi connectivity index (χ2v) is 4.76. The Hall–Kier alpha value is -2.18. The molecule has 2 aromatic heterocycles. The van der Waals surface area contributed by atoms with Gasteiger partial charge in [-0.3, -0.25) is 4.68 Å². The Kier molecular flexibility index (Phi) is 4.49. The maximum absolute atomic E-state index is 5.57. The average molecular weight is 276 g/mol. The van der Waals surface area contributed by atoms with E-state index in [-0.39, 0.29) is 6.10 Å². The molecule has 0 bridgehead atoms. The number of aromatic nitrogens is 5. The van der Waals surface area contributed by atoms with Gasteiger partial charge in [0.05, 0.1) is 17.9 Å². The molecule has 0 aromatic carbocycles. The van der Waals surface area contributed by atoms with E-state index < -0.39 is 0 Å². The van der Waals surface area contributed by atoms with Gasteiger partial charge >= 0.3 is 6.01 Å². The van der Waals surface area contributed by atoms with Crippen molar-refractivity contribution in [1.82, 2.24) is 24.7 Å². The van der Waals surface area contributed by atoms with Crippen LogP contribution in [0.15, 0.2) is 12.4 Å². The predicted molar refractivity (Wildman–Crippen MR) is 76.6 cm³/mol.